The Balaban J connectivity index is 1.92. The van der Waals surface area contributed by atoms with Crippen molar-refractivity contribution in [3.05, 3.63) is 65.0 Å². The van der Waals surface area contributed by atoms with Gasteiger partial charge in [0, 0.05) is 6.54 Å². The molecule has 4 N–H and O–H groups in total. The van der Waals surface area contributed by atoms with Crippen LogP contribution >= 0.6 is 0 Å². The molecule has 3 aromatic rings. The monoisotopic (exact) mass is 624 g/mol. The molecule has 0 aliphatic rings. The van der Waals surface area contributed by atoms with E-state index in [2.05, 4.69) is 10.3 Å². The van der Waals surface area contributed by atoms with Gasteiger partial charge >= 0.3 is 12.2 Å². The minimum absolute atomic E-state index is 0.0236. The molecule has 0 spiro atoms. The molecule has 1 heterocycles. The molecule has 1 unspecified atom stereocenters. The second-order valence-electron chi connectivity index (χ2n) is 13.4. The van der Waals surface area contributed by atoms with Crippen molar-refractivity contribution in [3.63, 3.8) is 0 Å². The summed E-state index contributed by atoms with van der Waals surface area (Å²) in [5, 5.41) is 14.4. The number of oxazole rings is 1. The van der Waals surface area contributed by atoms with Crippen LogP contribution in [0.15, 0.2) is 46.9 Å². The van der Waals surface area contributed by atoms with Crippen molar-refractivity contribution in [2.24, 2.45) is 5.73 Å². The van der Waals surface area contributed by atoms with Crippen LogP contribution in [-0.4, -0.2) is 62.9 Å². The van der Waals surface area contributed by atoms with Crippen LogP contribution in [0.5, 0.6) is 0 Å². The Morgan fingerprint density at radius 2 is 1.60 bits per heavy atom. The minimum Gasteiger partial charge on any atom is -0.444 e. The maximum atomic E-state index is 14.0. The summed E-state index contributed by atoms with van der Waals surface area (Å²) in [5.41, 5.74) is 8.77. The van der Waals surface area contributed by atoms with Crippen LogP contribution in [0.1, 0.15) is 89.5 Å². The number of amides is 3. The fraction of sp³-hybridized carbons (Fsp3) is 0.529. The third kappa shape index (κ3) is 10.6. The van der Waals surface area contributed by atoms with Crippen LogP contribution in [0.3, 0.4) is 0 Å². The predicted molar refractivity (Wildman–Crippen MR) is 172 cm³/mol. The molecule has 3 amide bonds. The normalized spacial score (nSPS) is 14.0. The van der Waals surface area contributed by atoms with Gasteiger partial charge in [-0.25, -0.2) is 19.5 Å². The molecule has 0 saturated heterocycles. The third-order valence-electron chi connectivity index (χ3n) is 7.05. The summed E-state index contributed by atoms with van der Waals surface area (Å²) in [6.07, 6.45) is -1.88. The van der Waals surface area contributed by atoms with Crippen LogP contribution in [0.4, 0.5) is 9.59 Å². The Morgan fingerprint density at radius 1 is 0.978 bits per heavy atom. The minimum atomic E-state index is -1.47. The number of carbonyl (C=O) groups excluding carboxylic acids is 3. The standard InChI is InChI=1S/C34H48N4O7/c1-21-19-25-27(20-22(21)2)43-29(37-25)28(39)26(17-16-23-13-10-9-11-14-23)38(32(42)45-34(6,7)8)30(40)24(35)15-12-18-36-31(41)44-33(3,4)5/h9-11,13-14,19-20,24,26,28,39H,12,15-18,35H2,1-8H3,(H,36,41)/t24-,26-,28?/m1/s1. The van der Waals surface area contributed by atoms with E-state index < -0.39 is 47.5 Å². The number of aliphatic hydroxyl groups is 1. The van der Waals surface area contributed by atoms with Gasteiger partial charge in [0.2, 0.25) is 11.8 Å². The van der Waals surface area contributed by atoms with Gasteiger partial charge in [-0.15, -0.1) is 0 Å². The van der Waals surface area contributed by atoms with Gasteiger partial charge in [-0.05, 0) is 110 Å². The van der Waals surface area contributed by atoms with E-state index >= 15 is 0 Å². The van der Waals surface area contributed by atoms with Crippen molar-refractivity contribution in [1.29, 1.82) is 0 Å². The highest BCUT2D eigenvalue weighted by molar-refractivity contribution is 5.95. The van der Waals surface area contributed by atoms with Crippen molar-refractivity contribution in [1.82, 2.24) is 15.2 Å². The van der Waals surface area contributed by atoms with Crippen LogP contribution < -0.4 is 11.1 Å². The number of aliphatic hydroxyl groups excluding tert-OH is 1. The van der Waals surface area contributed by atoms with Crippen molar-refractivity contribution >= 4 is 29.2 Å². The largest absolute Gasteiger partial charge is 0.444 e. The second kappa shape index (κ2) is 14.9. The van der Waals surface area contributed by atoms with E-state index in [0.29, 0.717) is 23.9 Å². The number of nitrogens with two attached hydrogens (primary N) is 1. The third-order valence-corrected chi connectivity index (χ3v) is 7.05. The number of aryl methyl sites for hydroxylation is 3. The molecule has 0 saturated carbocycles. The fourth-order valence-electron chi connectivity index (χ4n) is 4.70. The molecule has 0 aliphatic carbocycles. The zero-order valence-electron chi connectivity index (χ0n) is 27.7. The van der Waals surface area contributed by atoms with E-state index in [1.165, 1.54) is 0 Å². The molecule has 3 rings (SSSR count). The molecular formula is C34H48N4O7. The van der Waals surface area contributed by atoms with Gasteiger partial charge in [-0.2, -0.15) is 0 Å². The number of hydrogen-bond donors (Lipinski definition) is 3. The summed E-state index contributed by atoms with van der Waals surface area (Å²) in [4.78, 5) is 45.1. The molecule has 0 aliphatic heterocycles. The maximum absolute atomic E-state index is 14.0. The highest BCUT2D eigenvalue weighted by atomic mass is 16.6. The molecule has 0 bridgehead atoms. The lowest BCUT2D eigenvalue weighted by molar-refractivity contribution is -0.137. The smallest absolute Gasteiger partial charge is 0.417 e. The van der Waals surface area contributed by atoms with Gasteiger partial charge in [0.15, 0.2) is 11.7 Å². The Morgan fingerprint density at radius 3 is 2.22 bits per heavy atom. The summed E-state index contributed by atoms with van der Waals surface area (Å²) in [6.45, 7) is 14.5. The summed E-state index contributed by atoms with van der Waals surface area (Å²) < 4.78 is 16.9. The molecule has 11 nitrogen and oxygen atoms in total. The highest BCUT2D eigenvalue weighted by Crippen LogP contribution is 2.30. The number of benzene rings is 2. The van der Waals surface area contributed by atoms with Crippen LogP contribution in [0.25, 0.3) is 11.1 Å². The summed E-state index contributed by atoms with van der Waals surface area (Å²) in [7, 11) is 0. The van der Waals surface area contributed by atoms with E-state index in [1.54, 1.807) is 41.5 Å². The number of fused-ring (bicyclic) bond motifs is 1. The van der Waals surface area contributed by atoms with E-state index in [1.807, 2.05) is 56.3 Å². The van der Waals surface area contributed by atoms with Gasteiger partial charge in [0.25, 0.3) is 0 Å². The Kier molecular flexibility index (Phi) is 11.7. The molecule has 3 atom stereocenters. The number of nitrogens with one attached hydrogen (secondary N) is 1. The van der Waals surface area contributed by atoms with E-state index in [-0.39, 0.29) is 25.3 Å². The number of alkyl carbamates (subject to hydrolysis) is 1. The first kappa shape index (κ1) is 35.5. The summed E-state index contributed by atoms with van der Waals surface area (Å²) in [5.74, 6) is -0.744. The predicted octanol–water partition coefficient (Wildman–Crippen LogP) is 5.88. The Hall–Kier alpha value is -3.96. The average Bonchev–Trinajstić information content (AvgIpc) is 3.34. The first-order valence-corrected chi connectivity index (χ1v) is 15.3. The maximum Gasteiger partial charge on any atom is 0.417 e. The first-order chi connectivity index (χ1) is 20.9. The van der Waals surface area contributed by atoms with Crippen molar-refractivity contribution < 1.29 is 33.4 Å². The van der Waals surface area contributed by atoms with Crippen LogP contribution in [0, 0.1) is 13.8 Å². The SMILES string of the molecule is Cc1cc2nc(C(O)[C@@H](CCc3ccccc3)N(C(=O)OC(C)(C)C)C(=O)[C@H](N)CCCNC(=O)OC(C)(C)C)oc2cc1C. The summed E-state index contributed by atoms with van der Waals surface area (Å²) in [6, 6.07) is 11.0. The van der Waals surface area contributed by atoms with Crippen molar-refractivity contribution in [2.75, 3.05) is 6.54 Å². The van der Waals surface area contributed by atoms with Crippen molar-refractivity contribution in [2.45, 2.75) is 110 Å². The number of hydrogen-bond acceptors (Lipinski definition) is 9. The lowest BCUT2D eigenvalue weighted by Crippen LogP contribution is -2.55. The summed E-state index contributed by atoms with van der Waals surface area (Å²) >= 11 is 0. The number of aromatic nitrogens is 1. The molecule has 1 aromatic heterocycles. The molecule has 11 heteroatoms. The van der Waals surface area contributed by atoms with E-state index in [0.717, 1.165) is 21.6 Å². The lowest BCUT2D eigenvalue weighted by atomic mass is 9.98. The number of imide groups is 1. The van der Waals surface area contributed by atoms with Gasteiger partial charge in [-0.3, -0.25) is 4.79 Å². The molecule has 246 valence electrons. The lowest BCUT2D eigenvalue weighted by Gasteiger charge is -2.35. The zero-order chi connectivity index (χ0) is 33.5. The van der Waals surface area contributed by atoms with Crippen molar-refractivity contribution in [3.8, 4) is 0 Å². The Bertz CT molecular complexity index is 1420. The number of carbonyl (C=O) groups is 3. The first-order valence-electron chi connectivity index (χ1n) is 15.3. The number of ether oxygens (including phenoxy) is 2. The van der Waals surface area contributed by atoms with Gasteiger partial charge in [0.1, 0.15) is 16.7 Å². The van der Waals surface area contributed by atoms with E-state index in [4.69, 9.17) is 19.6 Å². The zero-order valence-corrected chi connectivity index (χ0v) is 27.7. The number of rotatable bonds is 11. The second-order valence-corrected chi connectivity index (χ2v) is 13.4. The average molecular weight is 625 g/mol. The molecule has 0 fully saturated rings. The number of nitrogens with zero attached hydrogens (tertiary/aromatic N) is 2. The van der Waals surface area contributed by atoms with Gasteiger partial charge < -0.3 is 30.0 Å². The molecule has 0 radical (unpaired) electrons. The van der Waals surface area contributed by atoms with Gasteiger partial charge in [0.05, 0.1) is 12.1 Å². The fourth-order valence-corrected chi connectivity index (χ4v) is 4.70. The van der Waals surface area contributed by atoms with E-state index in [9.17, 15) is 19.5 Å². The topological polar surface area (TPSA) is 157 Å². The molecule has 45 heavy (non-hydrogen) atoms. The van der Waals surface area contributed by atoms with Gasteiger partial charge in [-0.1, -0.05) is 30.3 Å². The Labute approximate surface area is 265 Å². The van der Waals surface area contributed by atoms with Crippen LogP contribution in [-0.2, 0) is 20.7 Å². The quantitative estimate of drug-likeness (QED) is 0.222. The highest BCUT2D eigenvalue weighted by Gasteiger charge is 2.41. The molecular weight excluding hydrogens is 576 g/mol. The molecule has 2 aromatic carbocycles. The van der Waals surface area contributed by atoms with Crippen LogP contribution in [0.2, 0.25) is 0 Å².